The molecule has 0 aromatic carbocycles. The predicted octanol–water partition coefficient (Wildman–Crippen LogP) is 3.03. The van der Waals surface area contributed by atoms with Gasteiger partial charge in [0, 0.05) is 23.7 Å². The molecule has 0 amide bonds. The lowest BCUT2D eigenvalue weighted by Gasteiger charge is -2.05. The zero-order chi connectivity index (χ0) is 8.81. The fraction of sp³-hybridized carbons (Fsp3) is 0.500. The van der Waals surface area contributed by atoms with Crippen LogP contribution in [0.2, 0.25) is 0 Å². The van der Waals surface area contributed by atoms with Gasteiger partial charge in [0.2, 0.25) is 0 Å². The molecule has 12 heavy (non-hydrogen) atoms. The molecule has 1 heterocycles. The molecule has 0 radical (unpaired) electrons. The molecule has 1 atom stereocenters. The molecule has 0 aliphatic heterocycles. The maximum Gasteiger partial charge on any atom is 0.0418 e. The molecule has 0 saturated carbocycles. The predicted molar refractivity (Wildman–Crippen MR) is 52.5 cm³/mol. The molecule has 0 aliphatic carbocycles. The number of aromatic nitrogens is 1. The lowest BCUT2D eigenvalue weighted by Crippen LogP contribution is -2.03. The van der Waals surface area contributed by atoms with Gasteiger partial charge in [0.1, 0.15) is 0 Å². The van der Waals surface area contributed by atoms with Crippen molar-refractivity contribution in [1.29, 1.82) is 0 Å². The van der Waals surface area contributed by atoms with Crippen LogP contribution in [0.3, 0.4) is 0 Å². The van der Waals surface area contributed by atoms with Crippen LogP contribution in [0.5, 0.6) is 0 Å². The maximum atomic E-state index is 6.08. The van der Waals surface area contributed by atoms with E-state index in [1.165, 1.54) is 0 Å². The van der Waals surface area contributed by atoms with E-state index in [0.29, 0.717) is 0 Å². The Hall–Kier alpha value is -0.560. The number of hydrogen-bond donors (Lipinski definition) is 0. The lowest BCUT2D eigenvalue weighted by atomic mass is 10.1. The van der Waals surface area contributed by atoms with Crippen molar-refractivity contribution in [2.75, 3.05) is 0 Å². The van der Waals surface area contributed by atoms with Crippen molar-refractivity contribution in [3.8, 4) is 0 Å². The summed E-state index contributed by atoms with van der Waals surface area (Å²) in [5.74, 6) is 0. The average molecular weight is 184 g/mol. The van der Waals surface area contributed by atoms with Gasteiger partial charge in [0.05, 0.1) is 0 Å². The van der Waals surface area contributed by atoms with Crippen LogP contribution in [0.15, 0.2) is 24.4 Å². The first kappa shape index (κ1) is 9.53. The minimum absolute atomic E-state index is 0.241. The van der Waals surface area contributed by atoms with Crippen LogP contribution in [-0.4, -0.2) is 10.4 Å². The van der Waals surface area contributed by atoms with E-state index in [1.54, 1.807) is 0 Å². The van der Waals surface area contributed by atoms with E-state index in [-0.39, 0.29) is 5.38 Å². The molecule has 0 saturated heterocycles. The Bertz CT molecular complexity index is 210. The zero-order valence-corrected chi connectivity index (χ0v) is 8.09. The highest BCUT2D eigenvalue weighted by molar-refractivity contribution is 6.20. The van der Waals surface area contributed by atoms with Gasteiger partial charge in [-0.15, -0.1) is 11.6 Å². The third-order valence-corrected chi connectivity index (χ3v) is 2.13. The second-order valence-electron chi connectivity index (χ2n) is 2.91. The minimum Gasteiger partial charge on any atom is -0.261 e. The van der Waals surface area contributed by atoms with Gasteiger partial charge in [-0.25, -0.2) is 0 Å². The quantitative estimate of drug-likeness (QED) is 0.654. The molecule has 2 heteroatoms. The molecule has 1 unspecified atom stereocenters. The topological polar surface area (TPSA) is 12.9 Å². The van der Waals surface area contributed by atoms with Gasteiger partial charge in [-0.3, -0.25) is 4.98 Å². The molecule has 66 valence electrons. The van der Waals surface area contributed by atoms with Crippen LogP contribution in [0.25, 0.3) is 0 Å². The Labute approximate surface area is 78.8 Å². The summed E-state index contributed by atoms with van der Waals surface area (Å²) in [6.45, 7) is 2.15. The van der Waals surface area contributed by atoms with E-state index < -0.39 is 0 Å². The smallest absolute Gasteiger partial charge is 0.0418 e. The zero-order valence-electron chi connectivity index (χ0n) is 7.33. The minimum atomic E-state index is 0.241. The monoisotopic (exact) mass is 183 g/mol. The standard InChI is InChI=1S/C10H14ClN/c1-2-5-9(11)8-10-6-3-4-7-12-10/h3-4,6-7,9H,2,5,8H2,1H3. The molecule has 1 aromatic rings. The molecule has 0 aliphatic rings. The SMILES string of the molecule is CCCC(Cl)Cc1ccccn1. The number of pyridine rings is 1. The van der Waals surface area contributed by atoms with Crippen LogP contribution in [0.1, 0.15) is 25.5 Å². The summed E-state index contributed by atoms with van der Waals surface area (Å²) < 4.78 is 0. The van der Waals surface area contributed by atoms with E-state index in [0.717, 1.165) is 25.0 Å². The maximum absolute atomic E-state index is 6.08. The van der Waals surface area contributed by atoms with Gasteiger partial charge in [0.25, 0.3) is 0 Å². The van der Waals surface area contributed by atoms with Crippen molar-refractivity contribution in [3.63, 3.8) is 0 Å². The molecular formula is C10H14ClN. The van der Waals surface area contributed by atoms with Crippen LogP contribution < -0.4 is 0 Å². The number of hydrogen-bond acceptors (Lipinski definition) is 1. The van der Waals surface area contributed by atoms with E-state index in [9.17, 15) is 0 Å². The van der Waals surface area contributed by atoms with Gasteiger partial charge in [-0.05, 0) is 18.6 Å². The van der Waals surface area contributed by atoms with Crippen LogP contribution in [0, 0.1) is 0 Å². The van der Waals surface area contributed by atoms with E-state index in [4.69, 9.17) is 11.6 Å². The molecule has 0 fully saturated rings. The van der Waals surface area contributed by atoms with Crippen LogP contribution in [-0.2, 0) is 6.42 Å². The average Bonchev–Trinajstić information content (AvgIpc) is 2.06. The molecule has 1 nitrogen and oxygen atoms in total. The normalized spacial score (nSPS) is 12.8. The van der Waals surface area contributed by atoms with Gasteiger partial charge < -0.3 is 0 Å². The number of nitrogens with zero attached hydrogens (tertiary/aromatic N) is 1. The van der Waals surface area contributed by atoms with Crippen molar-refractivity contribution in [2.45, 2.75) is 31.6 Å². The molecule has 0 spiro atoms. The first-order chi connectivity index (χ1) is 5.83. The largest absolute Gasteiger partial charge is 0.261 e. The molecule has 1 aromatic heterocycles. The lowest BCUT2D eigenvalue weighted by molar-refractivity contribution is 0.716. The Morgan fingerprint density at radius 1 is 1.50 bits per heavy atom. The van der Waals surface area contributed by atoms with E-state index in [2.05, 4.69) is 11.9 Å². The summed E-state index contributed by atoms with van der Waals surface area (Å²) in [7, 11) is 0. The third kappa shape index (κ3) is 3.22. The molecule has 0 bridgehead atoms. The van der Waals surface area contributed by atoms with Crippen molar-refractivity contribution in [1.82, 2.24) is 4.98 Å². The summed E-state index contributed by atoms with van der Waals surface area (Å²) >= 11 is 6.08. The molecule has 1 rings (SSSR count). The highest BCUT2D eigenvalue weighted by Crippen LogP contribution is 2.10. The first-order valence-corrected chi connectivity index (χ1v) is 4.80. The fourth-order valence-electron chi connectivity index (χ4n) is 1.16. The van der Waals surface area contributed by atoms with Gasteiger partial charge >= 0.3 is 0 Å². The Morgan fingerprint density at radius 2 is 2.33 bits per heavy atom. The molecular weight excluding hydrogens is 170 g/mol. The van der Waals surface area contributed by atoms with Crippen molar-refractivity contribution >= 4 is 11.6 Å². The Morgan fingerprint density at radius 3 is 2.92 bits per heavy atom. The summed E-state index contributed by atoms with van der Waals surface area (Å²) in [6.07, 6.45) is 4.90. The fourth-order valence-corrected chi connectivity index (χ4v) is 1.54. The highest BCUT2D eigenvalue weighted by Gasteiger charge is 2.04. The van der Waals surface area contributed by atoms with Gasteiger partial charge in [-0.1, -0.05) is 19.4 Å². The Balaban J connectivity index is 2.41. The first-order valence-electron chi connectivity index (χ1n) is 4.37. The van der Waals surface area contributed by atoms with Crippen molar-refractivity contribution < 1.29 is 0 Å². The summed E-state index contributed by atoms with van der Waals surface area (Å²) in [5, 5.41) is 0.241. The second-order valence-corrected chi connectivity index (χ2v) is 3.53. The highest BCUT2D eigenvalue weighted by atomic mass is 35.5. The number of rotatable bonds is 4. The number of alkyl halides is 1. The van der Waals surface area contributed by atoms with Crippen LogP contribution in [0.4, 0.5) is 0 Å². The summed E-state index contributed by atoms with van der Waals surface area (Å²) in [4.78, 5) is 4.22. The Kier molecular flexibility index (Phi) is 4.09. The van der Waals surface area contributed by atoms with E-state index >= 15 is 0 Å². The number of halogens is 1. The summed E-state index contributed by atoms with van der Waals surface area (Å²) in [5.41, 5.74) is 1.09. The van der Waals surface area contributed by atoms with Crippen molar-refractivity contribution in [3.05, 3.63) is 30.1 Å². The van der Waals surface area contributed by atoms with Gasteiger partial charge in [0.15, 0.2) is 0 Å². The second kappa shape index (κ2) is 5.15. The van der Waals surface area contributed by atoms with Crippen LogP contribution >= 0.6 is 11.6 Å². The van der Waals surface area contributed by atoms with E-state index in [1.807, 2.05) is 24.4 Å². The van der Waals surface area contributed by atoms with Gasteiger partial charge in [-0.2, -0.15) is 0 Å². The molecule has 0 N–H and O–H groups in total. The summed E-state index contributed by atoms with van der Waals surface area (Å²) in [6, 6.07) is 5.94. The third-order valence-electron chi connectivity index (χ3n) is 1.76. The van der Waals surface area contributed by atoms with Crippen molar-refractivity contribution in [2.24, 2.45) is 0 Å².